The van der Waals surface area contributed by atoms with Crippen LogP contribution in [0, 0.1) is 0 Å². The molecule has 0 radical (unpaired) electrons. The van der Waals surface area contributed by atoms with E-state index in [1.165, 1.54) is 0 Å². The minimum absolute atomic E-state index is 0.161. The van der Waals surface area contributed by atoms with Crippen molar-refractivity contribution < 1.29 is 19.4 Å². The van der Waals surface area contributed by atoms with Gasteiger partial charge in [-0.2, -0.15) is 0 Å². The summed E-state index contributed by atoms with van der Waals surface area (Å²) in [5.74, 6) is 0.776. The fourth-order valence-electron chi connectivity index (χ4n) is 2.38. The Labute approximate surface area is 155 Å². The van der Waals surface area contributed by atoms with Gasteiger partial charge in [0.2, 0.25) is 0 Å². The number of benzene rings is 2. The van der Waals surface area contributed by atoms with Gasteiger partial charge in [0, 0.05) is 0 Å². The second-order valence-electron chi connectivity index (χ2n) is 7.15. The number of hydrogen-bond donors (Lipinski definition) is 2. The lowest BCUT2D eigenvalue weighted by atomic mass is 10.1. The second kappa shape index (κ2) is 9.25. The van der Waals surface area contributed by atoms with Gasteiger partial charge in [0.05, 0.1) is 12.6 Å². The average Bonchev–Trinajstić information content (AvgIpc) is 2.60. The third kappa shape index (κ3) is 7.15. The van der Waals surface area contributed by atoms with E-state index in [1.807, 2.05) is 54.6 Å². The van der Waals surface area contributed by atoms with E-state index in [1.54, 1.807) is 20.8 Å². The topological polar surface area (TPSA) is 67.8 Å². The Balaban J connectivity index is 1.85. The number of alkyl carbamates (subject to hydrolysis) is 1. The van der Waals surface area contributed by atoms with Gasteiger partial charge in [0.15, 0.2) is 0 Å². The molecule has 0 saturated carbocycles. The molecule has 2 rings (SSSR count). The lowest BCUT2D eigenvalue weighted by Crippen LogP contribution is -2.42. The van der Waals surface area contributed by atoms with Crippen LogP contribution in [0.2, 0.25) is 0 Å². The molecule has 0 aliphatic carbocycles. The number of ether oxygens (including phenoxy) is 2. The summed E-state index contributed by atoms with van der Waals surface area (Å²) >= 11 is 0. The van der Waals surface area contributed by atoms with E-state index in [0.717, 1.165) is 16.9 Å². The zero-order valence-corrected chi connectivity index (χ0v) is 15.6. The molecule has 1 atom stereocenters. The van der Waals surface area contributed by atoms with Gasteiger partial charge in [-0.25, -0.2) is 4.79 Å². The van der Waals surface area contributed by atoms with Gasteiger partial charge in [0.1, 0.15) is 18.0 Å². The average molecular weight is 357 g/mol. The molecule has 0 aliphatic rings. The van der Waals surface area contributed by atoms with E-state index in [2.05, 4.69) is 5.32 Å². The molecule has 0 saturated heterocycles. The highest BCUT2D eigenvalue weighted by Gasteiger charge is 2.19. The Morgan fingerprint density at radius 1 is 1.04 bits per heavy atom. The van der Waals surface area contributed by atoms with Crippen LogP contribution in [-0.2, 0) is 17.8 Å². The highest BCUT2D eigenvalue weighted by atomic mass is 16.6. The third-order valence-corrected chi connectivity index (χ3v) is 3.60. The molecular weight excluding hydrogens is 330 g/mol. The van der Waals surface area contributed by atoms with E-state index in [4.69, 9.17) is 9.47 Å². The number of rotatable bonds is 7. The van der Waals surface area contributed by atoms with Gasteiger partial charge in [-0.15, -0.1) is 0 Å². The van der Waals surface area contributed by atoms with Crippen molar-refractivity contribution in [3.63, 3.8) is 0 Å². The van der Waals surface area contributed by atoms with Gasteiger partial charge in [-0.1, -0.05) is 42.5 Å². The van der Waals surface area contributed by atoms with Crippen LogP contribution in [0.1, 0.15) is 31.9 Å². The Morgan fingerprint density at radius 3 is 2.27 bits per heavy atom. The summed E-state index contributed by atoms with van der Waals surface area (Å²) in [5, 5.41) is 12.2. The Kier molecular flexibility index (Phi) is 7.04. The van der Waals surface area contributed by atoms with Crippen molar-refractivity contribution in [3.05, 3.63) is 65.7 Å². The summed E-state index contributed by atoms with van der Waals surface area (Å²) in [7, 11) is 0. The molecular formula is C21H27NO4. The molecule has 0 spiro atoms. The van der Waals surface area contributed by atoms with Crippen molar-refractivity contribution in [1.82, 2.24) is 5.32 Å². The van der Waals surface area contributed by atoms with Gasteiger partial charge in [0.25, 0.3) is 0 Å². The molecule has 26 heavy (non-hydrogen) atoms. The minimum atomic E-state index is -0.568. The normalized spacial score (nSPS) is 12.3. The van der Waals surface area contributed by atoms with Crippen molar-refractivity contribution in [2.24, 2.45) is 0 Å². The zero-order valence-electron chi connectivity index (χ0n) is 15.6. The summed E-state index contributed by atoms with van der Waals surface area (Å²) in [4.78, 5) is 11.8. The number of amides is 1. The number of aliphatic hydroxyl groups is 1. The minimum Gasteiger partial charge on any atom is -0.489 e. The summed E-state index contributed by atoms with van der Waals surface area (Å²) in [6.45, 7) is 5.75. The number of aliphatic hydroxyl groups excluding tert-OH is 1. The number of carbonyl (C=O) groups is 1. The van der Waals surface area contributed by atoms with Crippen LogP contribution in [0.3, 0.4) is 0 Å². The van der Waals surface area contributed by atoms with Crippen LogP contribution in [0.5, 0.6) is 5.75 Å². The first-order chi connectivity index (χ1) is 12.4. The Hall–Kier alpha value is -2.53. The van der Waals surface area contributed by atoms with Crippen molar-refractivity contribution in [2.45, 2.75) is 45.4 Å². The first-order valence-corrected chi connectivity index (χ1v) is 8.72. The van der Waals surface area contributed by atoms with E-state index in [0.29, 0.717) is 13.0 Å². The molecule has 1 amide bonds. The van der Waals surface area contributed by atoms with Gasteiger partial charge < -0.3 is 19.9 Å². The maximum Gasteiger partial charge on any atom is 0.407 e. The van der Waals surface area contributed by atoms with Crippen molar-refractivity contribution in [1.29, 1.82) is 0 Å². The summed E-state index contributed by atoms with van der Waals surface area (Å²) in [6, 6.07) is 17.2. The predicted octanol–water partition coefficient (Wildman–Crippen LogP) is 3.69. The number of hydrogen-bond acceptors (Lipinski definition) is 4. The highest BCUT2D eigenvalue weighted by Crippen LogP contribution is 2.15. The molecule has 0 fully saturated rings. The largest absolute Gasteiger partial charge is 0.489 e. The van der Waals surface area contributed by atoms with Crippen LogP contribution in [0.15, 0.2) is 54.6 Å². The monoisotopic (exact) mass is 357 g/mol. The molecule has 140 valence electrons. The first-order valence-electron chi connectivity index (χ1n) is 8.72. The Morgan fingerprint density at radius 2 is 1.69 bits per heavy atom. The summed E-state index contributed by atoms with van der Waals surface area (Å²) < 4.78 is 11.0. The second-order valence-corrected chi connectivity index (χ2v) is 7.15. The fraction of sp³-hybridized carbons (Fsp3) is 0.381. The smallest absolute Gasteiger partial charge is 0.407 e. The molecule has 0 heterocycles. The molecule has 2 N–H and O–H groups in total. The number of nitrogens with one attached hydrogen (secondary N) is 1. The molecule has 0 unspecified atom stereocenters. The number of carbonyl (C=O) groups excluding carboxylic acids is 1. The van der Waals surface area contributed by atoms with E-state index in [9.17, 15) is 9.90 Å². The van der Waals surface area contributed by atoms with E-state index in [-0.39, 0.29) is 6.61 Å². The molecule has 0 aliphatic heterocycles. The van der Waals surface area contributed by atoms with Crippen LogP contribution < -0.4 is 10.1 Å². The lowest BCUT2D eigenvalue weighted by Gasteiger charge is -2.22. The van der Waals surface area contributed by atoms with Gasteiger partial charge >= 0.3 is 6.09 Å². The summed E-state index contributed by atoms with van der Waals surface area (Å²) in [6.07, 6.45) is -0.0197. The molecule has 5 heteroatoms. The zero-order chi connectivity index (χ0) is 19.0. The van der Waals surface area contributed by atoms with E-state index >= 15 is 0 Å². The van der Waals surface area contributed by atoms with Crippen molar-refractivity contribution >= 4 is 6.09 Å². The van der Waals surface area contributed by atoms with Crippen LogP contribution in [0.4, 0.5) is 4.79 Å². The third-order valence-electron chi connectivity index (χ3n) is 3.60. The van der Waals surface area contributed by atoms with E-state index < -0.39 is 17.7 Å². The van der Waals surface area contributed by atoms with Crippen LogP contribution in [0.25, 0.3) is 0 Å². The molecule has 2 aromatic carbocycles. The molecule has 2 aromatic rings. The SMILES string of the molecule is CC(C)(C)OC(=O)N[C@H](CO)Cc1ccc(OCc2ccccc2)cc1. The van der Waals surface area contributed by atoms with Gasteiger partial charge in [-0.3, -0.25) is 0 Å². The maximum absolute atomic E-state index is 11.8. The van der Waals surface area contributed by atoms with Crippen molar-refractivity contribution in [3.8, 4) is 5.75 Å². The van der Waals surface area contributed by atoms with Crippen LogP contribution in [-0.4, -0.2) is 29.4 Å². The predicted molar refractivity (Wildman–Crippen MR) is 101 cm³/mol. The lowest BCUT2D eigenvalue weighted by molar-refractivity contribution is 0.0483. The fourth-order valence-corrected chi connectivity index (χ4v) is 2.38. The Bertz CT molecular complexity index is 677. The summed E-state index contributed by atoms with van der Waals surface area (Å²) in [5.41, 5.74) is 1.53. The quantitative estimate of drug-likeness (QED) is 0.793. The van der Waals surface area contributed by atoms with Gasteiger partial charge in [-0.05, 0) is 50.5 Å². The molecule has 5 nitrogen and oxygen atoms in total. The molecule has 0 aromatic heterocycles. The maximum atomic E-state index is 11.8. The first kappa shape index (κ1) is 19.8. The van der Waals surface area contributed by atoms with Crippen LogP contribution >= 0.6 is 0 Å². The standard InChI is InChI=1S/C21H27NO4/c1-21(2,3)26-20(24)22-18(14-23)13-16-9-11-19(12-10-16)25-15-17-7-5-4-6-8-17/h4-12,18,23H,13-15H2,1-3H3,(H,22,24)/t18-/m0/s1. The highest BCUT2D eigenvalue weighted by molar-refractivity contribution is 5.68. The van der Waals surface area contributed by atoms with Crippen molar-refractivity contribution in [2.75, 3.05) is 6.61 Å². The molecule has 0 bridgehead atoms.